The number of hydrogen-bond donors (Lipinski definition) is 1. The van der Waals surface area contributed by atoms with Gasteiger partial charge in [0.1, 0.15) is 5.76 Å². The maximum absolute atomic E-state index is 12.6. The number of hydrogen-bond acceptors (Lipinski definition) is 6. The van der Waals surface area contributed by atoms with Crippen LogP contribution in [0.2, 0.25) is 5.02 Å². The molecule has 1 aliphatic rings. The number of carbonyl (C=O) groups excluding carboxylic acids is 1. The molecule has 1 aromatic carbocycles. The number of nitrogens with one attached hydrogen (secondary N) is 1. The number of nitrogens with zero attached hydrogens (tertiary/aromatic N) is 3. The number of morpholine rings is 1. The number of benzene rings is 1. The van der Waals surface area contributed by atoms with Crippen LogP contribution in [0.5, 0.6) is 0 Å². The summed E-state index contributed by atoms with van der Waals surface area (Å²) < 4.78 is 10.9. The molecule has 2 unspecified atom stereocenters. The van der Waals surface area contributed by atoms with E-state index in [-0.39, 0.29) is 23.8 Å². The number of pyridine rings is 1. The predicted molar refractivity (Wildman–Crippen MR) is 129 cm³/mol. The average molecular weight is 469 g/mol. The highest BCUT2D eigenvalue weighted by Gasteiger charge is 2.24. The van der Waals surface area contributed by atoms with Crippen molar-refractivity contribution in [1.29, 1.82) is 0 Å². The summed E-state index contributed by atoms with van der Waals surface area (Å²) in [7, 11) is 0. The van der Waals surface area contributed by atoms with Crippen molar-refractivity contribution in [2.75, 3.05) is 18.0 Å². The molecule has 1 fully saturated rings. The smallest absolute Gasteiger partial charge is 0.273 e. The largest absolute Gasteiger partial charge is 0.372 e. The standard InChI is InChI=1S/C25H29ClN4O3/c1-14-6-19(7-15(2)28-14)24-20(11-27-25(31)23-8-16(3)33-29-23)9-21(10-22(24)26)30-12-17(4)32-18(5)13-30/h6-10,17-18H,11-13H2,1-5H3,(H,27,31). The molecule has 3 aromatic rings. The van der Waals surface area contributed by atoms with Crippen LogP contribution in [0.15, 0.2) is 34.9 Å². The first-order chi connectivity index (χ1) is 15.7. The van der Waals surface area contributed by atoms with Crippen LogP contribution in [0.3, 0.4) is 0 Å². The third-order valence-electron chi connectivity index (χ3n) is 5.61. The van der Waals surface area contributed by atoms with Gasteiger partial charge in [0.15, 0.2) is 5.69 Å². The lowest BCUT2D eigenvalue weighted by Gasteiger charge is -2.37. The Morgan fingerprint density at radius 2 is 1.76 bits per heavy atom. The van der Waals surface area contributed by atoms with Crippen LogP contribution in [0, 0.1) is 20.8 Å². The highest BCUT2D eigenvalue weighted by molar-refractivity contribution is 6.33. The molecular weight excluding hydrogens is 440 g/mol. The summed E-state index contributed by atoms with van der Waals surface area (Å²) in [6.07, 6.45) is 0.243. The Morgan fingerprint density at radius 1 is 1.09 bits per heavy atom. The van der Waals surface area contributed by atoms with Gasteiger partial charge in [-0.3, -0.25) is 9.78 Å². The van der Waals surface area contributed by atoms with Gasteiger partial charge in [-0.25, -0.2) is 0 Å². The minimum absolute atomic E-state index is 0.122. The second kappa shape index (κ2) is 9.53. The molecule has 1 N–H and O–H groups in total. The molecule has 2 atom stereocenters. The van der Waals surface area contributed by atoms with Gasteiger partial charge in [-0.15, -0.1) is 0 Å². The summed E-state index contributed by atoms with van der Waals surface area (Å²) in [6, 6.07) is 9.74. The van der Waals surface area contributed by atoms with Crippen molar-refractivity contribution < 1.29 is 14.1 Å². The van der Waals surface area contributed by atoms with Crippen LogP contribution in [-0.4, -0.2) is 41.3 Å². The molecule has 0 saturated carbocycles. The summed E-state index contributed by atoms with van der Waals surface area (Å²) in [4.78, 5) is 19.4. The fraction of sp³-hybridized carbons (Fsp3) is 0.400. The zero-order chi connectivity index (χ0) is 23.7. The predicted octanol–water partition coefficient (Wildman–Crippen LogP) is 4.86. The van der Waals surface area contributed by atoms with Crippen molar-refractivity contribution in [2.45, 2.75) is 53.4 Å². The van der Waals surface area contributed by atoms with E-state index in [1.54, 1.807) is 13.0 Å². The van der Waals surface area contributed by atoms with Crippen LogP contribution < -0.4 is 10.2 Å². The first-order valence-electron chi connectivity index (χ1n) is 11.1. The topological polar surface area (TPSA) is 80.5 Å². The SMILES string of the molecule is Cc1cc(-c2c(Cl)cc(N3CC(C)OC(C)C3)cc2CNC(=O)c2cc(C)on2)cc(C)n1. The molecule has 0 spiro atoms. The van der Waals surface area contributed by atoms with Crippen molar-refractivity contribution in [1.82, 2.24) is 15.5 Å². The van der Waals surface area contributed by atoms with Gasteiger partial charge < -0.3 is 19.5 Å². The Hall–Kier alpha value is -2.90. The van der Waals surface area contributed by atoms with Gasteiger partial charge >= 0.3 is 0 Å². The second-order valence-electron chi connectivity index (χ2n) is 8.77. The average Bonchev–Trinajstić information content (AvgIpc) is 3.16. The first kappa shape index (κ1) is 23.3. The molecule has 1 saturated heterocycles. The van der Waals surface area contributed by atoms with Crippen LogP contribution in [0.1, 0.15) is 47.0 Å². The molecule has 3 heterocycles. The van der Waals surface area contributed by atoms with E-state index >= 15 is 0 Å². The molecule has 1 amide bonds. The molecule has 2 aromatic heterocycles. The number of anilines is 1. The molecule has 0 bridgehead atoms. The third-order valence-corrected chi connectivity index (χ3v) is 5.91. The Balaban J connectivity index is 1.72. The maximum Gasteiger partial charge on any atom is 0.273 e. The van der Waals surface area contributed by atoms with Crippen molar-refractivity contribution >= 4 is 23.2 Å². The summed E-state index contributed by atoms with van der Waals surface area (Å²) in [6.45, 7) is 11.7. The van der Waals surface area contributed by atoms with E-state index in [2.05, 4.69) is 40.3 Å². The van der Waals surface area contributed by atoms with Crippen LogP contribution in [0.4, 0.5) is 5.69 Å². The fourth-order valence-corrected chi connectivity index (χ4v) is 4.74. The molecule has 7 nitrogen and oxygen atoms in total. The molecule has 33 heavy (non-hydrogen) atoms. The van der Waals surface area contributed by atoms with E-state index in [0.717, 1.165) is 46.9 Å². The zero-order valence-corrected chi connectivity index (χ0v) is 20.4. The monoisotopic (exact) mass is 468 g/mol. The van der Waals surface area contributed by atoms with Gasteiger partial charge in [-0.05, 0) is 70.0 Å². The summed E-state index contributed by atoms with van der Waals surface area (Å²) >= 11 is 6.88. The number of rotatable bonds is 5. The normalized spacial score (nSPS) is 18.4. The van der Waals surface area contributed by atoms with Crippen LogP contribution in [-0.2, 0) is 11.3 Å². The third kappa shape index (κ3) is 5.37. The van der Waals surface area contributed by atoms with Gasteiger partial charge in [-0.1, -0.05) is 16.8 Å². The number of carbonyl (C=O) groups is 1. The van der Waals surface area contributed by atoms with Gasteiger partial charge in [0, 0.05) is 48.3 Å². The summed E-state index contributed by atoms with van der Waals surface area (Å²) in [5.74, 6) is 0.291. The van der Waals surface area contributed by atoms with Gasteiger partial charge in [0.2, 0.25) is 0 Å². The van der Waals surface area contributed by atoms with Crippen molar-refractivity contribution in [3.8, 4) is 11.1 Å². The second-order valence-corrected chi connectivity index (χ2v) is 9.18. The lowest BCUT2D eigenvalue weighted by atomic mass is 9.97. The maximum atomic E-state index is 12.6. The van der Waals surface area contributed by atoms with E-state index in [1.807, 2.05) is 32.0 Å². The molecule has 8 heteroatoms. The summed E-state index contributed by atoms with van der Waals surface area (Å²) in [5.41, 5.74) is 5.87. The molecule has 0 aliphatic carbocycles. The number of halogens is 1. The van der Waals surface area contributed by atoms with E-state index in [1.165, 1.54) is 0 Å². The lowest BCUT2D eigenvalue weighted by Crippen LogP contribution is -2.45. The van der Waals surface area contributed by atoms with Crippen molar-refractivity contribution in [3.05, 3.63) is 63.8 Å². The van der Waals surface area contributed by atoms with Crippen molar-refractivity contribution in [2.24, 2.45) is 0 Å². The van der Waals surface area contributed by atoms with Gasteiger partial charge in [-0.2, -0.15) is 0 Å². The van der Waals surface area contributed by atoms with Gasteiger partial charge in [0.05, 0.1) is 17.2 Å². The lowest BCUT2D eigenvalue weighted by molar-refractivity contribution is -0.00522. The minimum atomic E-state index is -0.296. The molecule has 174 valence electrons. The van der Waals surface area contributed by atoms with E-state index in [0.29, 0.717) is 17.3 Å². The van der Waals surface area contributed by atoms with Gasteiger partial charge in [0.25, 0.3) is 5.91 Å². The number of amides is 1. The van der Waals surface area contributed by atoms with Crippen LogP contribution >= 0.6 is 11.6 Å². The first-order valence-corrected chi connectivity index (χ1v) is 11.5. The van der Waals surface area contributed by atoms with E-state index < -0.39 is 0 Å². The molecule has 1 aliphatic heterocycles. The Kier molecular flexibility index (Phi) is 6.72. The fourth-order valence-electron chi connectivity index (χ4n) is 4.40. The number of aryl methyl sites for hydroxylation is 3. The Bertz CT molecular complexity index is 1150. The molecular formula is C25H29ClN4O3. The molecule has 4 rings (SSSR count). The van der Waals surface area contributed by atoms with Crippen LogP contribution in [0.25, 0.3) is 11.1 Å². The van der Waals surface area contributed by atoms with Crippen molar-refractivity contribution in [3.63, 3.8) is 0 Å². The molecule has 0 radical (unpaired) electrons. The Labute approximate surface area is 199 Å². The quantitative estimate of drug-likeness (QED) is 0.576. The minimum Gasteiger partial charge on any atom is -0.372 e. The number of aromatic nitrogens is 2. The highest BCUT2D eigenvalue weighted by atomic mass is 35.5. The number of ether oxygens (including phenoxy) is 1. The van der Waals surface area contributed by atoms with E-state index in [4.69, 9.17) is 20.9 Å². The van der Waals surface area contributed by atoms with E-state index in [9.17, 15) is 4.79 Å². The summed E-state index contributed by atoms with van der Waals surface area (Å²) in [5, 5.41) is 7.41. The highest BCUT2D eigenvalue weighted by Crippen LogP contribution is 2.37. The zero-order valence-electron chi connectivity index (χ0n) is 19.6. The Morgan fingerprint density at radius 3 is 2.36 bits per heavy atom.